The van der Waals surface area contributed by atoms with Crippen molar-refractivity contribution >= 4 is 0 Å². The Morgan fingerprint density at radius 1 is 1.38 bits per heavy atom. The Bertz CT molecular complexity index is 351. The molecule has 1 aliphatic rings. The minimum absolute atomic E-state index is 0.600. The molecule has 0 amide bonds. The fraction of sp³-hybridized carbons (Fsp3) is 0.692. The number of aromatic nitrogens is 2. The van der Waals surface area contributed by atoms with E-state index >= 15 is 0 Å². The van der Waals surface area contributed by atoms with Gasteiger partial charge in [-0.05, 0) is 32.2 Å². The van der Waals surface area contributed by atoms with Crippen LogP contribution in [0.25, 0.3) is 0 Å². The summed E-state index contributed by atoms with van der Waals surface area (Å²) in [5, 5.41) is 3.59. The summed E-state index contributed by atoms with van der Waals surface area (Å²) in [6, 6.07) is 0.673. The smallest absolute Gasteiger partial charge is 0.0650 e. The molecule has 1 saturated carbocycles. The molecule has 3 heteroatoms. The molecule has 3 nitrogen and oxygen atoms in total. The fourth-order valence-electron chi connectivity index (χ4n) is 2.53. The van der Waals surface area contributed by atoms with Crippen molar-refractivity contribution in [2.75, 3.05) is 6.54 Å². The zero-order chi connectivity index (χ0) is 11.5. The van der Waals surface area contributed by atoms with Crippen molar-refractivity contribution in [3.63, 3.8) is 0 Å². The van der Waals surface area contributed by atoms with Crippen LogP contribution in [0.2, 0.25) is 0 Å². The van der Waals surface area contributed by atoms with Crippen molar-refractivity contribution in [3.8, 4) is 0 Å². The lowest BCUT2D eigenvalue weighted by Crippen LogP contribution is -2.48. The number of nitrogens with zero attached hydrogens (tertiary/aromatic N) is 2. The number of rotatable bonds is 4. The van der Waals surface area contributed by atoms with Crippen LogP contribution in [0.15, 0.2) is 12.4 Å². The number of aryl methyl sites for hydroxylation is 1. The fourth-order valence-corrected chi connectivity index (χ4v) is 2.53. The van der Waals surface area contributed by atoms with Crippen LogP contribution >= 0.6 is 0 Å². The van der Waals surface area contributed by atoms with E-state index in [0.717, 1.165) is 12.2 Å². The Labute approximate surface area is 97.7 Å². The van der Waals surface area contributed by atoms with Crippen LogP contribution in [-0.4, -0.2) is 22.6 Å². The van der Waals surface area contributed by atoms with E-state index in [1.807, 2.05) is 6.20 Å². The zero-order valence-corrected chi connectivity index (χ0v) is 10.4. The largest absolute Gasteiger partial charge is 0.314 e. The summed E-state index contributed by atoms with van der Waals surface area (Å²) in [6.45, 7) is 7.71. The molecule has 3 atom stereocenters. The third kappa shape index (κ3) is 2.09. The molecule has 0 bridgehead atoms. The van der Waals surface area contributed by atoms with Gasteiger partial charge in [-0.2, -0.15) is 0 Å². The van der Waals surface area contributed by atoms with Crippen LogP contribution in [0.1, 0.15) is 44.0 Å². The highest BCUT2D eigenvalue weighted by Crippen LogP contribution is 2.42. The molecule has 1 fully saturated rings. The van der Waals surface area contributed by atoms with Gasteiger partial charge in [-0.25, -0.2) is 0 Å². The van der Waals surface area contributed by atoms with Gasteiger partial charge in [0.25, 0.3) is 0 Å². The van der Waals surface area contributed by atoms with Crippen LogP contribution in [0.5, 0.6) is 0 Å². The summed E-state index contributed by atoms with van der Waals surface area (Å²) in [5.41, 5.74) is 2.29. The van der Waals surface area contributed by atoms with Gasteiger partial charge in [0.2, 0.25) is 0 Å². The molecule has 1 aromatic heterocycles. The van der Waals surface area contributed by atoms with Crippen LogP contribution < -0.4 is 5.32 Å². The van der Waals surface area contributed by atoms with Crippen molar-refractivity contribution in [3.05, 3.63) is 23.8 Å². The van der Waals surface area contributed by atoms with Gasteiger partial charge < -0.3 is 5.32 Å². The first-order chi connectivity index (χ1) is 7.74. The standard InChI is InChI=1S/C13H21N3/c1-4-5-15-12-8-11(9(12)2)13-10(3)14-6-7-16-13/h6-7,9,11-12,15H,4-5,8H2,1-3H3. The first kappa shape index (κ1) is 11.5. The molecule has 1 N–H and O–H groups in total. The van der Waals surface area contributed by atoms with Gasteiger partial charge in [0.15, 0.2) is 0 Å². The molecule has 88 valence electrons. The van der Waals surface area contributed by atoms with Gasteiger partial charge in [-0.3, -0.25) is 9.97 Å². The van der Waals surface area contributed by atoms with Gasteiger partial charge in [0.1, 0.15) is 0 Å². The van der Waals surface area contributed by atoms with Gasteiger partial charge in [0.05, 0.1) is 11.4 Å². The van der Waals surface area contributed by atoms with Crippen LogP contribution in [0.4, 0.5) is 0 Å². The second-order valence-electron chi connectivity index (χ2n) is 4.79. The van der Waals surface area contributed by atoms with Crippen molar-refractivity contribution in [1.29, 1.82) is 0 Å². The van der Waals surface area contributed by atoms with E-state index in [1.54, 1.807) is 6.20 Å². The quantitative estimate of drug-likeness (QED) is 0.844. The molecule has 1 heterocycles. The Kier molecular flexibility index (Phi) is 3.54. The lowest BCUT2D eigenvalue weighted by atomic mass is 9.68. The van der Waals surface area contributed by atoms with Gasteiger partial charge in [-0.1, -0.05) is 13.8 Å². The Hall–Kier alpha value is -0.960. The number of hydrogen-bond donors (Lipinski definition) is 1. The van der Waals surface area contributed by atoms with E-state index in [-0.39, 0.29) is 0 Å². The van der Waals surface area contributed by atoms with Crippen molar-refractivity contribution in [2.24, 2.45) is 5.92 Å². The molecular weight excluding hydrogens is 198 g/mol. The normalized spacial score (nSPS) is 28.8. The van der Waals surface area contributed by atoms with Crippen LogP contribution in [0.3, 0.4) is 0 Å². The number of hydrogen-bond acceptors (Lipinski definition) is 3. The molecule has 16 heavy (non-hydrogen) atoms. The van der Waals surface area contributed by atoms with E-state index < -0.39 is 0 Å². The molecule has 1 aliphatic carbocycles. The maximum absolute atomic E-state index is 4.48. The van der Waals surface area contributed by atoms with Crippen LogP contribution in [-0.2, 0) is 0 Å². The van der Waals surface area contributed by atoms with Crippen LogP contribution in [0, 0.1) is 12.8 Å². The summed E-state index contributed by atoms with van der Waals surface area (Å²) in [7, 11) is 0. The second-order valence-corrected chi connectivity index (χ2v) is 4.79. The highest BCUT2D eigenvalue weighted by atomic mass is 14.9. The van der Waals surface area contributed by atoms with Crippen molar-refractivity contribution in [2.45, 2.75) is 45.6 Å². The van der Waals surface area contributed by atoms with Gasteiger partial charge in [0, 0.05) is 24.4 Å². The lowest BCUT2D eigenvalue weighted by Gasteiger charge is -2.43. The van der Waals surface area contributed by atoms with Gasteiger partial charge >= 0.3 is 0 Å². The van der Waals surface area contributed by atoms with E-state index in [1.165, 1.54) is 18.5 Å². The summed E-state index contributed by atoms with van der Waals surface area (Å²) < 4.78 is 0. The first-order valence-electron chi connectivity index (χ1n) is 6.25. The molecule has 3 unspecified atom stereocenters. The lowest BCUT2D eigenvalue weighted by molar-refractivity contribution is 0.180. The second kappa shape index (κ2) is 4.91. The highest BCUT2D eigenvalue weighted by molar-refractivity contribution is 5.20. The molecule has 0 radical (unpaired) electrons. The minimum Gasteiger partial charge on any atom is -0.314 e. The molecule has 0 saturated heterocycles. The summed E-state index contributed by atoms with van der Waals surface area (Å²) >= 11 is 0. The monoisotopic (exact) mass is 219 g/mol. The average Bonchev–Trinajstić information content (AvgIpc) is 2.29. The molecule has 0 aromatic carbocycles. The summed E-state index contributed by atoms with van der Waals surface area (Å²) in [4.78, 5) is 8.80. The van der Waals surface area contributed by atoms with E-state index in [2.05, 4.69) is 36.1 Å². The van der Waals surface area contributed by atoms with E-state index in [0.29, 0.717) is 17.9 Å². The topological polar surface area (TPSA) is 37.8 Å². The minimum atomic E-state index is 0.600. The van der Waals surface area contributed by atoms with Crippen molar-refractivity contribution in [1.82, 2.24) is 15.3 Å². The van der Waals surface area contributed by atoms with E-state index in [4.69, 9.17) is 0 Å². The maximum atomic E-state index is 4.48. The third-order valence-corrected chi connectivity index (χ3v) is 3.70. The predicted molar refractivity (Wildman–Crippen MR) is 65.4 cm³/mol. The summed E-state index contributed by atoms with van der Waals surface area (Å²) in [5.74, 6) is 1.28. The highest BCUT2D eigenvalue weighted by Gasteiger charge is 2.39. The van der Waals surface area contributed by atoms with E-state index in [9.17, 15) is 0 Å². The SMILES string of the molecule is CCCNC1CC(c2nccnc2C)C1C. The Morgan fingerprint density at radius 2 is 2.12 bits per heavy atom. The Morgan fingerprint density at radius 3 is 2.75 bits per heavy atom. The average molecular weight is 219 g/mol. The maximum Gasteiger partial charge on any atom is 0.0650 e. The zero-order valence-electron chi connectivity index (χ0n) is 10.4. The predicted octanol–water partition coefficient (Wildman–Crippen LogP) is 2.28. The summed E-state index contributed by atoms with van der Waals surface area (Å²) in [6.07, 6.45) is 6.00. The molecule has 2 rings (SSSR count). The molecular formula is C13H21N3. The number of nitrogens with one attached hydrogen (secondary N) is 1. The molecule has 0 spiro atoms. The van der Waals surface area contributed by atoms with Crippen molar-refractivity contribution < 1.29 is 0 Å². The van der Waals surface area contributed by atoms with Gasteiger partial charge in [-0.15, -0.1) is 0 Å². The molecule has 1 aromatic rings. The first-order valence-corrected chi connectivity index (χ1v) is 6.25. The Balaban J connectivity index is 1.97. The molecule has 0 aliphatic heterocycles. The third-order valence-electron chi connectivity index (χ3n) is 3.70.